The van der Waals surface area contributed by atoms with Gasteiger partial charge in [-0.2, -0.15) is 0 Å². The summed E-state index contributed by atoms with van der Waals surface area (Å²) in [6.45, 7) is 2.69. The van der Waals surface area contributed by atoms with Gasteiger partial charge in [-0.3, -0.25) is 14.3 Å². The molecule has 2 heterocycles. The predicted molar refractivity (Wildman–Crippen MR) is 70.5 cm³/mol. The maximum absolute atomic E-state index is 14.6. The molecule has 1 fully saturated rings. The SMILES string of the molecule is C=C=CC[C@]1(O)[C@H](F)[C@H](n2ccc(=O)[nH]c2=O)O[C@@H]1CO. The maximum atomic E-state index is 14.6. The highest BCUT2D eigenvalue weighted by Gasteiger charge is 2.56. The van der Waals surface area contributed by atoms with Gasteiger partial charge in [-0.05, 0) is 6.08 Å². The Kier molecular flexibility index (Phi) is 4.24. The fourth-order valence-electron chi connectivity index (χ4n) is 2.29. The molecule has 114 valence electrons. The van der Waals surface area contributed by atoms with Gasteiger partial charge in [-0.1, -0.05) is 6.58 Å². The fourth-order valence-corrected chi connectivity index (χ4v) is 2.29. The van der Waals surface area contributed by atoms with Gasteiger partial charge in [0, 0.05) is 18.7 Å². The van der Waals surface area contributed by atoms with Crippen molar-refractivity contribution in [3.63, 3.8) is 0 Å². The van der Waals surface area contributed by atoms with Crippen LogP contribution in [0.3, 0.4) is 0 Å². The highest BCUT2D eigenvalue weighted by molar-refractivity contribution is 5.06. The summed E-state index contributed by atoms with van der Waals surface area (Å²) in [5.41, 5.74) is -1.11. The first-order valence-corrected chi connectivity index (χ1v) is 6.22. The number of nitrogens with zero attached hydrogens (tertiary/aromatic N) is 1. The normalized spacial score (nSPS) is 31.9. The standard InChI is InChI=1S/C13H15FN2O5/c1-2-3-5-13(20)8(7-17)21-11(10(13)14)16-6-4-9(18)15-12(16)19/h3-4,6,8,10-11,17,20H,1,5,7H2,(H,15,18,19)/t8-,10-,11-,13-/m1/s1. The van der Waals surface area contributed by atoms with E-state index in [0.717, 1.165) is 16.8 Å². The van der Waals surface area contributed by atoms with Crippen LogP contribution in [0.15, 0.2) is 40.2 Å². The first-order valence-electron chi connectivity index (χ1n) is 6.22. The van der Waals surface area contributed by atoms with Crippen molar-refractivity contribution in [2.75, 3.05) is 6.61 Å². The molecular formula is C13H15FN2O5. The summed E-state index contributed by atoms with van der Waals surface area (Å²) < 4.78 is 20.6. The van der Waals surface area contributed by atoms with E-state index in [0.29, 0.717) is 0 Å². The van der Waals surface area contributed by atoms with Gasteiger partial charge in [-0.25, -0.2) is 9.18 Å². The molecule has 0 aromatic carbocycles. The number of halogens is 1. The summed E-state index contributed by atoms with van der Waals surface area (Å²) in [4.78, 5) is 24.7. The van der Waals surface area contributed by atoms with Crippen LogP contribution in [0.4, 0.5) is 4.39 Å². The van der Waals surface area contributed by atoms with Crippen molar-refractivity contribution in [2.45, 2.75) is 30.5 Å². The molecule has 7 nitrogen and oxygen atoms in total. The number of aliphatic hydroxyl groups is 2. The van der Waals surface area contributed by atoms with Crippen molar-refractivity contribution in [1.29, 1.82) is 0 Å². The molecule has 1 aromatic heterocycles. The Hall–Kier alpha value is -1.99. The number of nitrogens with one attached hydrogen (secondary N) is 1. The molecule has 2 rings (SSSR count). The summed E-state index contributed by atoms with van der Waals surface area (Å²) in [5.74, 6) is 0. The van der Waals surface area contributed by atoms with Crippen LogP contribution in [0.5, 0.6) is 0 Å². The van der Waals surface area contributed by atoms with Crippen molar-refractivity contribution in [3.05, 3.63) is 51.5 Å². The molecular weight excluding hydrogens is 283 g/mol. The highest BCUT2D eigenvalue weighted by atomic mass is 19.1. The third kappa shape index (κ3) is 2.62. The van der Waals surface area contributed by atoms with Gasteiger partial charge in [0.1, 0.15) is 11.7 Å². The van der Waals surface area contributed by atoms with E-state index in [1.54, 1.807) is 0 Å². The second-order valence-electron chi connectivity index (χ2n) is 4.72. The molecule has 1 aliphatic rings. The van der Waals surface area contributed by atoms with Crippen LogP contribution >= 0.6 is 0 Å². The number of H-pyrrole nitrogens is 1. The van der Waals surface area contributed by atoms with Gasteiger partial charge in [0.05, 0.1) is 6.61 Å². The Morgan fingerprint density at radius 1 is 1.62 bits per heavy atom. The molecule has 0 saturated carbocycles. The number of ether oxygens (including phenoxy) is 1. The Morgan fingerprint density at radius 2 is 2.33 bits per heavy atom. The molecule has 0 unspecified atom stereocenters. The van der Waals surface area contributed by atoms with Crippen molar-refractivity contribution >= 4 is 0 Å². The molecule has 0 radical (unpaired) electrons. The van der Waals surface area contributed by atoms with Crippen LogP contribution in [0.25, 0.3) is 0 Å². The average Bonchev–Trinajstić information content (AvgIpc) is 2.70. The maximum Gasteiger partial charge on any atom is 0.330 e. The van der Waals surface area contributed by atoms with E-state index in [1.807, 2.05) is 4.98 Å². The Labute approximate surface area is 118 Å². The van der Waals surface area contributed by atoms with E-state index >= 15 is 0 Å². The highest BCUT2D eigenvalue weighted by Crippen LogP contribution is 2.40. The van der Waals surface area contributed by atoms with Gasteiger partial charge >= 0.3 is 5.69 Å². The molecule has 1 aromatic rings. The lowest BCUT2D eigenvalue weighted by molar-refractivity contribution is -0.0840. The van der Waals surface area contributed by atoms with Crippen LogP contribution in [0.1, 0.15) is 12.6 Å². The van der Waals surface area contributed by atoms with Crippen LogP contribution in [-0.4, -0.2) is 44.2 Å². The minimum Gasteiger partial charge on any atom is -0.394 e. The summed E-state index contributed by atoms with van der Waals surface area (Å²) in [6, 6.07) is 1.03. The summed E-state index contributed by atoms with van der Waals surface area (Å²) in [6.07, 6.45) is -2.45. The van der Waals surface area contributed by atoms with Gasteiger partial charge in [-0.15, -0.1) is 5.73 Å². The number of aromatic amines is 1. The Balaban J connectivity index is 2.41. The van der Waals surface area contributed by atoms with Crippen molar-refractivity contribution in [1.82, 2.24) is 9.55 Å². The van der Waals surface area contributed by atoms with E-state index in [1.165, 1.54) is 6.08 Å². The largest absolute Gasteiger partial charge is 0.394 e. The molecule has 1 saturated heterocycles. The molecule has 3 N–H and O–H groups in total. The minimum absolute atomic E-state index is 0.183. The zero-order valence-electron chi connectivity index (χ0n) is 11.0. The van der Waals surface area contributed by atoms with Gasteiger partial charge in [0.15, 0.2) is 12.4 Å². The van der Waals surface area contributed by atoms with Gasteiger partial charge in [0.2, 0.25) is 0 Å². The topological polar surface area (TPSA) is 105 Å². The van der Waals surface area contributed by atoms with Gasteiger partial charge < -0.3 is 14.9 Å². The van der Waals surface area contributed by atoms with Crippen molar-refractivity contribution in [3.8, 4) is 0 Å². The van der Waals surface area contributed by atoms with Crippen LogP contribution in [0.2, 0.25) is 0 Å². The molecule has 21 heavy (non-hydrogen) atoms. The quantitative estimate of drug-likeness (QED) is 0.633. The first kappa shape index (κ1) is 15.4. The van der Waals surface area contributed by atoms with Crippen molar-refractivity contribution in [2.24, 2.45) is 0 Å². The number of rotatable bonds is 4. The first-order chi connectivity index (χ1) is 9.93. The van der Waals surface area contributed by atoms with E-state index < -0.39 is 42.0 Å². The molecule has 0 aliphatic carbocycles. The molecule has 8 heteroatoms. The smallest absolute Gasteiger partial charge is 0.330 e. The summed E-state index contributed by atoms with van der Waals surface area (Å²) in [7, 11) is 0. The van der Waals surface area contributed by atoms with Crippen LogP contribution < -0.4 is 11.2 Å². The number of aliphatic hydroxyl groups excluding tert-OH is 1. The monoisotopic (exact) mass is 298 g/mol. The third-order valence-electron chi connectivity index (χ3n) is 3.45. The number of alkyl halides is 1. The predicted octanol–water partition coefficient (Wildman–Crippen LogP) is -0.773. The Morgan fingerprint density at radius 3 is 2.90 bits per heavy atom. The fraction of sp³-hybridized carbons (Fsp3) is 0.462. The van der Waals surface area contributed by atoms with E-state index in [2.05, 4.69) is 12.3 Å². The summed E-state index contributed by atoms with van der Waals surface area (Å²) >= 11 is 0. The van der Waals surface area contributed by atoms with E-state index in [4.69, 9.17) is 4.74 Å². The Bertz CT molecular complexity index is 678. The van der Waals surface area contributed by atoms with E-state index in [9.17, 15) is 24.2 Å². The lowest BCUT2D eigenvalue weighted by atomic mass is 9.89. The van der Waals surface area contributed by atoms with Crippen LogP contribution in [0, 0.1) is 0 Å². The number of hydrogen-bond donors (Lipinski definition) is 3. The van der Waals surface area contributed by atoms with Crippen molar-refractivity contribution < 1.29 is 19.3 Å². The zero-order chi connectivity index (χ0) is 15.6. The second kappa shape index (κ2) is 5.79. The second-order valence-corrected chi connectivity index (χ2v) is 4.72. The molecule has 0 bridgehead atoms. The molecule has 4 atom stereocenters. The lowest BCUT2D eigenvalue weighted by Gasteiger charge is -2.27. The zero-order valence-corrected chi connectivity index (χ0v) is 11.0. The lowest BCUT2D eigenvalue weighted by Crippen LogP contribution is -2.47. The molecule has 0 amide bonds. The molecule has 0 spiro atoms. The number of hydrogen-bond acceptors (Lipinski definition) is 5. The third-order valence-corrected chi connectivity index (χ3v) is 3.45. The van der Waals surface area contributed by atoms with Gasteiger partial charge in [0.25, 0.3) is 5.56 Å². The van der Waals surface area contributed by atoms with E-state index in [-0.39, 0.29) is 6.42 Å². The number of aromatic nitrogens is 2. The minimum atomic E-state index is -2.01. The molecule has 1 aliphatic heterocycles. The summed E-state index contributed by atoms with van der Waals surface area (Å²) in [5, 5.41) is 19.6. The average molecular weight is 298 g/mol. The van der Waals surface area contributed by atoms with Crippen LogP contribution in [-0.2, 0) is 4.74 Å².